The third kappa shape index (κ3) is 8.81. The van der Waals surface area contributed by atoms with Crippen molar-refractivity contribution in [3.05, 3.63) is 59.7 Å². The number of nitrogens with one attached hydrogen (secondary N) is 2. The SMILES string of the molecule is NC(=NC=Nc1ccc(OC(F)(F)F)cc1)c1ccc(/C=N/NC(=S)NC2CCCCC2)cc1. The maximum atomic E-state index is 12.2. The van der Waals surface area contributed by atoms with Gasteiger partial charge in [0.05, 0.1) is 11.9 Å². The van der Waals surface area contributed by atoms with Crippen molar-refractivity contribution in [1.82, 2.24) is 10.7 Å². The fraction of sp³-hybridized carbons (Fsp3) is 0.304. The normalized spacial score (nSPS) is 15.6. The molecule has 4 N–H and O–H groups in total. The number of benzene rings is 2. The molecule has 2 aromatic rings. The van der Waals surface area contributed by atoms with Gasteiger partial charge in [-0.3, -0.25) is 5.43 Å². The van der Waals surface area contributed by atoms with Gasteiger partial charge in [-0.2, -0.15) is 5.10 Å². The second kappa shape index (κ2) is 12.1. The zero-order valence-corrected chi connectivity index (χ0v) is 19.1. The highest BCUT2D eigenvalue weighted by Gasteiger charge is 2.30. The van der Waals surface area contributed by atoms with Crippen LogP contribution >= 0.6 is 12.2 Å². The van der Waals surface area contributed by atoms with Gasteiger partial charge in [-0.15, -0.1) is 13.2 Å². The number of thiocarbonyl (C=S) groups is 1. The Kier molecular flexibility index (Phi) is 8.97. The summed E-state index contributed by atoms with van der Waals surface area (Å²) < 4.78 is 40.4. The van der Waals surface area contributed by atoms with E-state index in [2.05, 4.69) is 30.6 Å². The molecular weight excluding hydrogens is 465 g/mol. The molecule has 34 heavy (non-hydrogen) atoms. The molecule has 0 amide bonds. The number of hydrazone groups is 1. The van der Waals surface area contributed by atoms with Gasteiger partial charge < -0.3 is 15.8 Å². The number of amidine groups is 1. The summed E-state index contributed by atoms with van der Waals surface area (Å²) in [5.74, 6) is -0.0872. The van der Waals surface area contributed by atoms with Crippen molar-refractivity contribution in [1.29, 1.82) is 0 Å². The Bertz CT molecular complexity index is 1030. The van der Waals surface area contributed by atoms with Crippen molar-refractivity contribution in [3.8, 4) is 5.75 Å². The minimum absolute atomic E-state index is 0.236. The number of alkyl halides is 3. The monoisotopic (exact) mass is 490 g/mol. The van der Waals surface area contributed by atoms with Crippen LogP contribution in [0, 0.1) is 0 Å². The summed E-state index contributed by atoms with van der Waals surface area (Å²) in [5.41, 5.74) is 10.7. The summed E-state index contributed by atoms with van der Waals surface area (Å²) in [6.07, 6.45) is 4.14. The average molecular weight is 491 g/mol. The molecule has 0 atom stereocenters. The van der Waals surface area contributed by atoms with E-state index in [-0.39, 0.29) is 11.6 Å². The van der Waals surface area contributed by atoms with Crippen molar-refractivity contribution in [2.75, 3.05) is 0 Å². The van der Waals surface area contributed by atoms with Gasteiger partial charge >= 0.3 is 6.36 Å². The maximum absolute atomic E-state index is 12.2. The predicted molar refractivity (Wildman–Crippen MR) is 132 cm³/mol. The molecule has 0 aliphatic heterocycles. The minimum atomic E-state index is -4.74. The van der Waals surface area contributed by atoms with Crippen molar-refractivity contribution >= 4 is 41.4 Å². The second-order valence-corrected chi connectivity index (χ2v) is 8.01. The molecule has 1 aliphatic rings. The van der Waals surface area contributed by atoms with E-state index >= 15 is 0 Å². The Morgan fingerprint density at radius 2 is 1.71 bits per heavy atom. The van der Waals surface area contributed by atoms with Crippen LogP contribution in [0.2, 0.25) is 0 Å². The van der Waals surface area contributed by atoms with Crippen LogP contribution in [0.1, 0.15) is 43.2 Å². The van der Waals surface area contributed by atoms with E-state index < -0.39 is 6.36 Å². The van der Waals surface area contributed by atoms with Crippen LogP contribution in [0.3, 0.4) is 0 Å². The van der Waals surface area contributed by atoms with E-state index in [9.17, 15) is 13.2 Å². The molecule has 180 valence electrons. The smallest absolute Gasteiger partial charge is 0.406 e. The molecule has 3 rings (SSSR count). The fourth-order valence-corrected chi connectivity index (χ4v) is 3.56. The van der Waals surface area contributed by atoms with E-state index in [1.165, 1.54) is 49.9 Å². The summed E-state index contributed by atoms with van der Waals surface area (Å²) in [5, 5.41) is 7.95. The van der Waals surface area contributed by atoms with E-state index in [1.54, 1.807) is 18.3 Å². The van der Waals surface area contributed by atoms with Crippen molar-refractivity contribution in [2.45, 2.75) is 44.5 Å². The molecule has 1 fully saturated rings. The molecule has 0 radical (unpaired) electrons. The average Bonchev–Trinajstić information content (AvgIpc) is 2.80. The molecule has 1 aliphatic carbocycles. The topological polar surface area (TPSA) is 96.4 Å². The summed E-state index contributed by atoms with van der Waals surface area (Å²) in [6, 6.07) is 12.7. The first-order valence-corrected chi connectivity index (χ1v) is 11.1. The maximum Gasteiger partial charge on any atom is 0.573 e. The number of halogens is 3. The number of nitrogens with two attached hydrogens (primary N) is 1. The van der Waals surface area contributed by atoms with Crippen LogP contribution in [0.25, 0.3) is 0 Å². The van der Waals surface area contributed by atoms with E-state index in [4.69, 9.17) is 18.0 Å². The number of hydrogen-bond donors (Lipinski definition) is 3. The highest BCUT2D eigenvalue weighted by Crippen LogP contribution is 2.24. The largest absolute Gasteiger partial charge is 0.573 e. The van der Waals surface area contributed by atoms with Crippen molar-refractivity contribution in [2.24, 2.45) is 20.8 Å². The Hall–Kier alpha value is -3.47. The predicted octanol–water partition coefficient (Wildman–Crippen LogP) is 4.78. The first-order chi connectivity index (χ1) is 16.3. The molecule has 0 spiro atoms. The first-order valence-electron chi connectivity index (χ1n) is 10.7. The minimum Gasteiger partial charge on any atom is -0.406 e. The Labute approximate surface area is 201 Å². The Balaban J connectivity index is 1.48. The van der Waals surface area contributed by atoms with Crippen molar-refractivity contribution < 1.29 is 17.9 Å². The zero-order valence-electron chi connectivity index (χ0n) is 18.3. The van der Waals surface area contributed by atoms with E-state index in [0.717, 1.165) is 18.4 Å². The van der Waals surface area contributed by atoms with Crippen LogP contribution < -0.4 is 21.2 Å². The lowest BCUT2D eigenvalue weighted by Gasteiger charge is -2.23. The lowest BCUT2D eigenvalue weighted by atomic mass is 9.96. The lowest BCUT2D eigenvalue weighted by molar-refractivity contribution is -0.274. The number of ether oxygens (including phenoxy) is 1. The van der Waals surface area contributed by atoms with E-state index in [0.29, 0.717) is 22.4 Å². The number of hydrogen-bond acceptors (Lipinski definition) is 4. The molecule has 11 heteroatoms. The van der Waals surface area contributed by atoms with Crippen LogP contribution in [0.4, 0.5) is 18.9 Å². The summed E-state index contributed by atoms with van der Waals surface area (Å²) in [6.45, 7) is 0. The van der Waals surface area contributed by atoms with Gasteiger partial charge in [-0.05, 0) is 54.9 Å². The van der Waals surface area contributed by atoms with Gasteiger partial charge in [0.1, 0.15) is 17.9 Å². The molecule has 0 unspecified atom stereocenters. The van der Waals surface area contributed by atoms with Crippen molar-refractivity contribution in [3.63, 3.8) is 0 Å². The standard InChI is InChI=1S/C23H25F3N6OS/c24-23(25,26)33-20-12-10-18(11-13-20)28-15-29-21(27)17-8-6-16(7-9-17)14-30-32-22(34)31-19-4-2-1-3-5-19/h6-15,19H,1-5H2,(H2,27,28,29)(H2,31,32,34)/b30-14+. The number of aliphatic imine (C=N–C) groups is 2. The van der Waals surface area contributed by atoms with Gasteiger partial charge in [0.2, 0.25) is 0 Å². The van der Waals surface area contributed by atoms with Crippen LogP contribution in [0.15, 0.2) is 63.6 Å². The summed E-state index contributed by atoms with van der Waals surface area (Å²) in [4.78, 5) is 8.11. The summed E-state index contributed by atoms with van der Waals surface area (Å²) in [7, 11) is 0. The number of rotatable bonds is 7. The second-order valence-electron chi connectivity index (χ2n) is 7.60. The molecular formula is C23H25F3N6OS. The van der Waals surface area contributed by atoms with E-state index in [1.807, 2.05) is 12.1 Å². The van der Waals surface area contributed by atoms with Crippen LogP contribution in [-0.4, -0.2) is 35.9 Å². The van der Waals surface area contributed by atoms with Crippen LogP contribution in [0.5, 0.6) is 5.75 Å². The number of nitrogens with zero attached hydrogens (tertiary/aromatic N) is 3. The van der Waals surface area contributed by atoms with Gasteiger partial charge in [-0.1, -0.05) is 43.5 Å². The Morgan fingerprint density at radius 3 is 2.35 bits per heavy atom. The zero-order chi connectivity index (χ0) is 24.4. The fourth-order valence-electron chi connectivity index (χ4n) is 3.34. The molecule has 1 saturated carbocycles. The molecule has 0 heterocycles. The molecule has 0 bridgehead atoms. The Morgan fingerprint density at radius 1 is 1.03 bits per heavy atom. The van der Waals surface area contributed by atoms with Gasteiger partial charge in [0.25, 0.3) is 0 Å². The highest BCUT2D eigenvalue weighted by molar-refractivity contribution is 7.80. The molecule has 0 aromatic heterocycles. The molecule has 2 aromatic carbocycles. The third-order valence-corrected chi connectivity index (χ3v) is 5.21. The lowest BCUT2D eigenvalue weighted by Crippen LogP contribution is -2.40. The third-order valence-electron chi connectivity index (χ3n) is 5.00. The van der Waals surface area contributed by atoms with Gasteiger partial charge in [0, 0.05) is 11.6 Å². The first kappa shape index (κ1) is 25.2. The van der Waals surface area contributed by atoms with Gasteiger partial charge in [0.15, 0.2) is 5.11 Å². The highest BCUT2D eigenvalue weighted by atomic mass is 32.1. The quantitative estimate of drug-likeness (QED) is 0.225. The molecule has 7 nitrogen and oxygen atoms in total. The molecule has 0 saturated heterocycles. The van der Waals surface area contributed by atoms with Gasteiger partial charge in [-0.25, -0.2) is 9.98 Å². The van der Waals surface area contributed by atoms with Crippen LogP contribution in [-0.2, 0) is 0 Å². The summed E-state index contributed by atoms with van der Waals surface area (Å²) >= 11 is 5.28.